The molecule has 1 heterocycles. The minimum atomic E-state index is -0.0344. The maximum absolute atomic E-state index is 12.2. The number of nitrogens with zero attached hydrogens (tertiary/aromatic N) is 2. The summed E-state index contributed by atoms with van der Waals surface area (Å²) >= 11 is 0. The number of hydrogen-bond donors (Lipinski definition) is 1. The number of carbonyl (C=O) groups is 2. The standard InChI is InChI=1S/C17H25N3O3/c1-14-3-5-15(6-4-14)23-13-17(22)20-11-9-19(10-12-20)16(21)7-8-18-2/h3-6,18H,7-13H2,1-2H3. The molecule has 1 aromatic carbocycles. The summed E-state index contributed by atoms with van der Waals surface area (Å²) in [6, 6.07) is 7.63. The molecule has 0 atom stereocenters. The largest absolute Gasteiger partial charge is 0.484 e. The summed E-state index contributed by atoms with van der Waals surface area (Å²) in [7, 11) is 1.83. The molecule has 0 aliphatic carbocycles. The zero-order chi connectivity index (χ0) is 16.7. The third-order valence-electron chi connectivity index (χ3n) is 3.96. The van der Waals surface area contributed by atoms with E-state index in [1.165, 1.54) is 0 Å². The van der Waals surface area contributed by atoms with E-state index in [-0.39, 0.29) is 18.4 Å². The molecule has 2 amide bonds. The van der Waals surface area contributed by atoms with Crippen molar-refractivity contribution in [2.45, 2.75) is 13.3 Å². The van der Waals surface area contributed by atoms with E-state index in [2.05, 4.69) is 5.32 Å². The predicted molar refractivity (Wildman–Crippen MR) is 88.4 cm³/mol. The lowest BCUT2D eigenvalue weighted by atomic mass is 10.2. The summed E-state index contributed by atoms with van der Waals surface area (Å²) in [5.41, 5.74) is 1.16. The van der Waals surface area contributed by atoms with Crippen molar-refractivity contribution < 1.29 is 14.3 Å². The van der Waals surface area contributed by atoms with Crippen molar-refractivity contribution >= 4 is 11.8 Å². The van der Waals surface area contributed by atoms with Gasteiger partial charge < -0.3 is 19.9 Å². The Bertz CT molecular complexity index is 522. The SMILES string of the molecule is CNCCC(=O)N1CCN(C(=O)COc2ccc(C)cc2)CC1. The van der Waals surface area contributed by atoms with Gasteiger partial charge in [0.15, 0.2) is 6.61 Å². The third kappa shape index (κ3) is 5.25. The van der Waals surface area contributed by atoms with Gasteiger partial charge in [-0.3, -0.25) is 9.59 Å². The second-order valence-corrected chi connectivity index (χ2v) is 5.72. The molecule has 0 bridgehead atoms. The lowest BCUT2D eigenvalue weighted by molar-refractivity contribution is -0.140. The van der Waals surface area contributed by atoms with Crippen molar-refractivity contribution in [1.82, 2.24) is 15.1 Å². The van der Waals surface area contributed by atoms with Crippen LogP contribution >= 0.6 is 0 Å². The molecule has 0 aromatic heterocycles. The zero-order valence-electron chi connectivity index (χ0n) is 13.9. The van der Waals surface area contributed by atoms with Gasteiger partial charge in [0.25, 0.3) is 5.91 Å². The van der Waals surface area contributed by atoms with Crippen LogP contribution in [0.25, 0.3) is 0 Å². The highest BCUT2D eigenvalue weighted by molar-refractivity contribution is 5.79. The lowest BCUT2D eigenvalue weighted by Gasteiger charge is -2.34. The quantitative estimate of drug-likeness (QED) is 0.836. The Morgan fingerprint density at radius 3 is 2.17 bits per heavy atom. The third-order valence-corrected chi connectivity index (χ3v) is 3.96. The number of benzene rings is 1. The van der Waals surface area contributed by atoms with E-state index in [1.54, 1.807) is 4.90 Å². The fourth-order valence-corrected chi connectivity index (χ4v) is 2.47. The Balaban J connectivity index is 1.73. The van der Waals surface area contributed by atoms with Crippen molar-refractivity contribution in [3.63, 3.8) is 0 Å². The normalized spacial score (nSPS) is 14.7. The molecule has 0 unspecified atom stereocenters. The molecule has 0 saturated carbocycles. The Labute approximate surface area is 137 Å². The van der Waals surface area contributed by atoms with Crippen LogP contribution in [0.4, 0.5) is 0 Å². The van der Waals surface area contributed by atoms with Gasteiger partial charge in [-0.2, -0.15) is 0 Å². The molecule has 1 fully saturated rings. The van der Waals surface area contributed by atoms with Crippen molar-refractivity contribution in [3.05, 3.63) is 29.8 Å². The molecule has 1 N–H and O–H groups in total. The van der Waals surface area contributed by atoms with Crippen LogP contribution in [0.2, 0.25) is 0 Å². The van der Waals surface area contributed by atoms with Gasteiger partial charge in [-0.1, -0.05) is 17.7 Å². The molecule has 23 heavy (non-hydrogen) atoms. The van der Waals surface area contributed by atoms with Gasteiger partial charge in [-0.05, 0) is 26.1 Å². The first-order valence-corrected chi connectivity index (χ1v) is 8.00. The number of hydrogen-bond acceptors (Lipinski definition) is 4. The maximum Gasteiger partial charge on any atom is 0.260 e. The van der Waals surface area contributed by atoms with Crippen LogP contribution in [-0.4, -0.2) is 68.0 Å². The van der Waals surface area contributed by atoms with Crippen molar-refractivity contribution in [1.29, 1.82) is 0 Å². The smallest absolute Gasteiger partial charge is 0.260 e. The van der Waals surface area contributed by atoms with E-state index in [0.29, 0.717) is 44.9 Å². The average Bonchev–Trinajstić information content (AvgIpc) is 2.59. The van der Waals surface area contributed by atoms with Gasteiger partial charge >= 0.3 is 0 Å². The van der Waals surface area contributed by atoms with Crippen LogP contribution in [0.15, 0.2) is 24.3 Å². The summed E-state index contributed by atoms with van der Waals surface area (Å²) in [5, 5.41) is 2.97. The molecule has 6 nitrogen and oxygen atoms in total. The highest BCUT2D eigenvalue weighted by Crippen LogP contribution is 2.12. The first-order chi connectivity index (χ1) is 11.1. The molecular formula is C17H25N3O3. The number of ether oxygens (including phenoxy) is 1. The van der Waals surface area contributed by atoms with E-state index < -0.39 is 0 Å². The Kier molecular flexibility index (Phi) is 6.40. The molecule has 1 aromatic rings. The molecule has 0 spiro atoms. The molecule has 1 aliphatic rings. The number of nitrogens with one attached hydrogen (secondary N) is 1. The van der Waals surface area contributed by atoms with Gasteiger partial charge in [0, 0.05) is 39.1 Å². The average molecular weight is 319 g/mol. The molecule has 1 aliphatic heterocycles. The van der Waals surface area contributed by atoms with Crippen LogP contribution in [0.5, 0.6) is 5.75 Å². The number of amides is 2. The Hall–Kier alpha value is -2.08. The number of carbonyl (C=O) groups excluding carboxylic acids is 2. The maximum atomic E-state index is 12.2. The summed E-state index contributed by atoms with van der Waals surface area (Å²) in [5.74, 6) is 0.806. The number of aryl methyl sites for hydroxylation is 1. The predicted octanol–water partition coefficient (Wildman–Crippen LogP) is 0.654. The summed E-state index contributed by atoms with van der Waals surface area (Å²) in [4.78, 5) is 27.7. The van der Waals surface area contributed by atoms with E-state index >= 15 is 0 Å². The van der Waals surface area contributed by atoms with Gasteiger partial charge in [-0.15, -0.1) is 0 Å². The van der Waals surface area contributed by atoms with Gasteiger partial charge in [-0.25, -0.2) is 0 Å². The van der Waals surface area contributed by atoms with E-state index in [4.69, 9.17) is 4.74 Å². The van der Waals surface area contributed by atoms with Crippen LogP contribution < -0.4 is 10.1 Å². The number of rotatable bonds is 6. The second kappa shape index (κ2) is 8.53. The highest BCUT2D eigenvalue weighted by atomic mass is 16.5. The fourth-order valence-electron chi connectivity index (χ4n) is 2.47. The van der Waals surface area contributed by atoms with Gasteiger partial charge in [0.2, 0.25) is 5.91 Å². The monoisotopic (exact) mass is 319 g/mol. The Morgan fingerprint density at radius 1 is 1.04 bits per heavy atom. The molecule has 126 valence electrons. The highest BCUT2D eigenvalue weighted by Gasteiger charge is 2.23. The van der Waals surface area contributed by atoms with Crippen LogP contribution in [0, 0.1) is 6.92 Å². The molecule has 6 heteroatoms. The second-order valence-electron chi connectivity index (χ2n) is 5.72. The van der Waals surface area contributed by atoms with E-state index in [9.17, 15) is 9.59 Å². The zero-order valence-corrected chi connectivity index (χ0v) is 13.9. The van der Waals surface area contributed by atoms with Crippen molar-refractivity contribution in [3.8, 4) is 5.75 Å². The van der Waals surface area contributed by atoms with Crippen molar-refractivity contribution in [2.75, 3.05) is 46.4 Å². The minimum absolute atomic E-state index is 0.0344. The fraction of sp³-hybridized carbons (Fsp3) is 0.529. The molecule has 0 radical (unpaired) electrons. The minimum Gasteiger partial charge on any atom is -0.484 e. The summed E-state index contributed by atoms with van der Waals surface area (Å²) in [6.07, 6.45) is 0.501. The van der Waals surface area contributed by atoms with Gasteiger partial charge in [0.1, 0.15) is 5.75 Å². The first-order valence-electron chi connectivity index (χ1n) is 8.00. The van der Waals surface area contributed by atoms with E-state index in [0.717, 1.165) is 5.56 Å². The summed E-state index contributed by atoms with van der Waals surface area (Å²) in [6.45, 7) is 5.06. The summed E-state index contributed by atoms with van der Waals surface area (Å²) < 4.78 is 5.52. The van der Waals surface area contributed by atoms with Crippen molar-refractivity contribution in [2.24, 2.45) is 0 Å². The van der Waals surface area contributed by atoms with Gasteiger partial charge in [0.05, 0.1) is 0 Å². The molecule has 1 saturated heterocycles. The lowest BCUT2D eigenvalue weighted by Crippen LogP contribution is -2.51. The number of piperazine rings is 1. The molecule has 2 rings (SSSR count). The Morgan fingerprint density at radius 2 is 1.61 bits per heavy atom. The molecular weight excluding hydrogens is 294 g/mol. The van der Waals surface area contributed by atoms with E-state index in [1.807, 2.05) is 43.1 Å². The topological polar surface area (TPSA) is 61.9 Å². The van der Waals surface area contributed by atoms with Crippen LogP contribution in [0.1, 0.15) is 12.0 Å². The van der Waals surface area contributed by atoms with Crippen LogP contribution in [-0.2, 0) is 9.59 Å². The van der Waals surface area contributed by atoms with Crippen LogP contribution in [0.3, 0.4) is 0 Å². The first kappa shape index (κ1) is 17.3.